The van der Waals surface area contributed by atoms with Gasteiger partial charge in [-0.25, -0.2) is 0 Å². The third-order valence-electron chi connectivity index (χ3n) is 3.28. The second-order valence-electron chi connectivity index (χ2n) is 5.16. The Labute approximate surface area is 153 Å². The molecule has 0 spiro atoms. The number of ether oxygens (including phenoxy) is 1. The van der Waals surface area contributed by atoms with Gasteiger partial charge < -0.3 is 10.1 Å². The van der Waals surface area contributed by atoms with Crippen molar-refractivity contribution in [3.05, 3.63) is 59.1 Å². The molecule has 1 amide bonds. The summed E-state index contributed by atoms with van der Waals surface area (Å²) in [6.45, 7) is 0.807. The van der Waals surface area contributed by atoms with Gasteiger partial charge in [0, 0.05) is 10.0 Å². The first-order chi connectivity index (χ1) is 12.2. The Kier molecular flexibility index (Phi) is 5.73. The van der Waals surface area contributed by atoms with Crippen LogP contribution < -0.4 is 10.1 Å². The average Bonchev–Trinajstić information content (AvgIpc) is 3.09. The van der Waals surface area contributed by atoms with Crippen molar-refractivity contribution in [1.29, 1.82) is 0 Å². The molecule has 0 aliphatic heterocycles. The predicted octanol–water partition coefficient (Wildman–Crippen LogP) is 2.30. The Morgan fingerprint density at radius 2 is 1.88 bits per heavy atom. The number of benzene rings is 2. The van der Waals surface area contributed by atoms with Crippen LogP contribution in [0, 0.1) is 0 Å². The summed E-state index contributed by atoms with van der Waals surface area (Å²) in [5, 5.41) is 14.8. The maximum Gasteiger partial charge on any atom is 0.243 e. The van der Waals surface area contributed by atoms with Crippen LogP contribution in [0.15, 0.2) is 59.1 Å². The minimum atomic E-state index is -0.198. The molecule has 7 nitrogen and oxygen atoms in total. The molecule has 0 unspecified atom stereocenters. The highest BCUT2D eigenvalue weighted by atomic mass is 79.9. The van der Waals surface area contributed by atoms with Crippen molar-refractivity contribution in [2.45, 2.75) is 6.54 Å². The highest BCUT2D eigenvalue weighted by Crippen LogP contribution is 2.17. The normalized spacial score (nSPS) is 10.4. The first-order valence-corrected chi connectivity index (χ1v) is 8.48. The SMILES string of the molecule is O=C(Cn1nnc(-c2ccc(Br)cc2)n1)NCCOc1ccccc1. The first kappa shape index (κ1) is 17.1. The molecule has 0 aliphatic rings. The van der Waals surface area contributed by atoms with E-state index in [4.69, 9.17) is 4.74 Å². The summed E-state index contributed by atoms with van der Waals surface area (Å²) in [5.74, 6) is 1.05. The van der Waals surface area contributed by atoms with Gasteiger partial charge >= 0.3 is 0 Å². The zero-order valence-electron chi connectivity index (χ0n) is 13.3. The molecule has 0 bridgehead atoms. The van der Waals surface area contributed by atoms with Gasteiger partial charge in [0.2, 0.25) is 11.7 Å². The largest absolute Gasteiger partial charge is 0.492 e. The Morgan fingerprint density at radius 3 is 2.64 bits per heavy atom. The number of halogens is 1. The zero-order valence-corrected chi connectivity index (χ0v) is 14.9. The summed E-state index contributed by atoms with van der Waals surface area (Å²) in [4.78, 5) is 13.2. The summed E-state index contributed by atoms with van der Waals surface area (Å²) in [6, 6.07) is 17.0. The van der Waals surface area contributed by atoms with Crippen molar-refractivity contribution in [1.82, 2.24) is 25.5 Å². The molecule has 3 rings (SSSR count). The molecule has 0 fully saturated rings. The van der Waals surface area contributed by atoms with Crippen LogP contribution in [0.1, 0.15) is 0 Å². The number of amides is 1. The molecule has 128 valence electrons. The standard InChI is InChI=1S/C17H16BrN5O2/c18-14-8-6-13(7-9-14)17-20-22-23(21-17)12-16(24)19-10-11-25-15-4-2-1-3-5-15/h1-9H,10-12H2,(H,19,24). The molecule has 0 atom stereocenters. The van der Waals surface area contributed by atoms with Crippen LogP contribution in [0.25, 0.3) is 11.4 Å². The number of hydrogen-bond donors (Lipinski definition) is 1. The number of tetrazole rings is 1. The van der Waals surface area contributed by atoms with Gasteiger partial charge in [-0.15, -0.1) is 10.2 Å². The molecule has 25 heavy (non-hydrogen) atoms. The van der Waals surface area contributed by atoms with Gasteiger partial charge in [0.15, 0.2) is 0 Å². The van der Waals surface area contributed by atoms with E-state index in [1.165, 1.54) is 4.80 Å². The first-order valence-electron chi connectivity index (χ1n) is 7.69. The van der Waals surface area contributed by atoms with Crippen LogP contribution in [0.2, 0.25) is 0 Å². The summed E-state index contributed by atoms with van der Waals surface area (Å²) in [6.07, 6.45) is 0. The molecule has 1 aromatic heterocycles. The molecule has 1 N–H and O–H groups in total. The maximum atomic E-state index is 11.9. The fourth-order valence-electron chi connectivity index (χ4n) is 2.09. The van der Waals surface area contributed by atoms with E-state index in [1.54, 1.807) is 0 Å². The number of hydrogen-bond acceptors (Lipinski definition) is 5. The number of carbonyl (C=O) groups is 1. The van der Waals surface area contributed by atoms with E-state index in [0.29, 0.717) is 19.0 Å². The van der Waals surface area contributed by atoms with Crippen molar-refractivity contribution in [2.75, 3.05) is 13.2 Å². The number of nitrogens with one attached hydrogen (secondary N) is 1. The number of para-hydroxylation sites is 1. The van der Waals surface area contributed by atoms with Gasteiger partial charge in [0.25, 0.3) is 0 Å². The van der Waals surface area contributed by atoms with Crippen molar-refractivity contribution < 1.29 is 9.53 Å². The molecule has 1 heterocycles. The number of nitrogens with zero attached hydrogens (tertiary/aromatic N) is 4. The molecule has 3 aromatic rings. The number of rotatable bonds is 7. The molecule has 0 radical (unpaired) electrons. The van der Waals surface area contributed by atoms with Gasteiger partial charge in [-0.05, 0) is 41.6 Å². The van der Waals surface area contributed by atoms with Crippen LogP contribution in [0.4, 0.5) is 0 Å². The number of aromatic nitrogens is 4. The molecule has 0 aliphatic carbocycles. The smallest absolute Gasteiger partial charge is 0.243 e. The van der Waals surface area contributed by atoms with Crippen LogP contribution in [0.3, 0.4) is 0 Å². The second kappa shape index (κ2) is 8.39. The van der Waals surface area contributed by atoms with Gasteiger partial charge in [-0.3, -0.25) is 4.79 Å². The van der Waals surface area contributed by atoms with E-state index in [1.807, 2.05) is 54.6 Å². The summed E-state index contributed by atoms with van der Waals surface area (Å²) >= 11 is 3.38. The Morgan fingerprint density at radius 1 is 1.12 bits per heavy atom. The van der Waals surface area contributed by atoms with Gasteiger partial charge in [0.1, 0.15) is 18.9 Å². The quantitative estimate of drug-likeness (QED) is 0.614. The van der Waals surface area contributed by atoms with E-state index in [-0.39, 0.29) is 12.5 Å². The lowest BCUT2D eigenvalue weighted by atomic mass is 10.2. The Bertz CT molecular complexity index is 821. The van der Waals surface area contributed by atoms with Gasteiger partial charge in [-0.2, -0.15) is 4.80 Å². The van der Waals surface area contributed by atoms with Crippen LogP contribution in [-0.2, 0) is 11.3 Å². The fourth-order valence-corrected chi connectivity index (χ4v) is 2.35. The van der Waals surface area contributed by atoms with Crippen LogP contribution in [-0.4, -0.2) is 39.3 Å². The van der Waals surface area contributed by atoms with Crippen molar-refractivity contribution in [3.8, 4) is 17.1 Å². The third-order valence-corrected chi connectivity index (χ3v) is 3.81. The molecule has 8 heteroatoms. The van der Waals surface area contributed by atoms with Crippen molar-refractivity contribution >= 4 is 21.8 Å². The van der Waals surface area contributed by atoms with Gasteiger partial charge in [0.05, 0.1) is 6.54 Å². The monoisotopic (exact) mass is 401 g/mol. The Balaban J connectivity index is 1.44. The summed E-state index contributed by atoms with van der Waals surface area (Å²) in [7, 11) is 0. The van der Waals surface area contributed by atoms with E-state index in [9.17, 15) is 4.79 Å². The lowest BCUT2D eigenvalue weighted by Gasteiger charge is -2.07. The molecule has 2 aromatic carbocycles. The highest BCUT2D eigenvalue weighted by molar-refractivity contribution is 9.10. The maximum absolute atomic E-state index is 11.9. The summed E-state index contributed by atoms with van der Waals surface area (Å²) < 4.78 is 6.48. The van der Waals surface area contributed by atoms with Crippen LogP contribution >= 0.6 is 15.9 Å². The van der Waals surface area contributed by atoms with E-state index in [0.717, 1.165) is 15.8 Å². The predicted molar refractivity (Wildman–Crippen MR) is 95.9 cm³/mol. The number of carbonyl (C=O) groups excluding carboxylic acids is 1. The van der Waals surface area contributed by atoms with E-state index >= 15 is 0 Å². The van der Waals surface area contributed by atoms with Crippen LogP contribution in [0.5, 0.6) is 5.75 Å². The topological polar surface area (TPSA) is 81.9 Å². The van der Waals surface area contributed by atoms with E-state index < -0.39 is 0 Å². The molecular weight excluding hydrogens is 386 g/mol. The molecule has 0 saturated carbocycles. The lowest BCUT2D eigenvalue weighted by Crippen LogP contribution is -2.31. The second-order valence-corrected chi connectivity index (χ2v) is 6.08. The van der Waals surface area contributed by atoms with Crippen molar-refractivity contribution in [3.63, 3.8) is 0 Å². The summed E-state index contributed by atoms with van der Waals surface area (Å²) in [5.41, 5.74) is 0.839. The zero-order chi connectivity index (χ0) is 17.5. The van der Waals surface area contributed by atoms with Crippen molar-refractivity contribution in [2.24, 2.45) is 0 Å². The molecular formula is C17H16BrN5O2. The van der Waals surface area contributed by atoms with Gasteiger partial charge in [-0.1, -0.05) is 34.1 Å². The third kappa shape index (κ3) is 5.12. The fraction of sp³-hybridized carbons (Fsp3) is 0.176. The highest BCUT2D eigenvalue weighted by Gasteiger charge is 2.09. The van der Waals surface area contributed by atoms with E-state index in [2.05, 4.69) is 36.7 Å². The minimum absolute atomic E-state index is 0.00879. The Hall–Kier alpha value is -2.74. The molecule has 0 saturated heterocycles. The lowest BCUT2D eigenvalue weighted by molar-refractivity contribution is -0.122. The average molecular weight is 402 g/mol. The minimum Gasteiger partial charge on any atom is -0.492 e.